The first-order valence-electron chi connectivity index (χ1n) is 6.99. The second kappa shape index (κ2) is 6.15. The summed E-state index contributed by atoms with van der Waals surface area (Å²) in [4.78, 5) is 0. The summed E-state index contributed by atoms with van der Waals surface area (Å²) in [6.45, 7) is 0. The topological polar surface area (TPSA) is 62.5 Å². The second-order valence-electron chi connectivity index (χ2n) is 5.31. The molecule has 0 amide bonds. The molecule has 4 nitrogen and oxygen atoms in total. The molecule has 0 aliphatic heterocycles. The minimum Gasteiger partial charge on any atom is -0.493 e. The largest absolute Gasteiger partial charge is 0.493 e. The first-order valence-corrected chi connectivity index (χ1v) is 6.99. The lowest BCUT2D eigenvalue weighted by atomic mass is 9.69. The van der Waals surface area contributed by atoms with Crippen molar-refractivity contribution in [1.29, 1.82) is 5.26 Å². The first-order chi connectivity index (χ1) is 9.68. The van der Waals surface area contributed by atoms with Gasteiger partial charge in [-0.25, -0.2) is 0 Å². The Morgan fingerprint density at radius 2 is 1.90 bits per heavy atom. The summed E-state index contributed by atoms with van der Waals surface area (Å²) >= 11 is 0. The SMILES string of the molecule is COc1cccc(C(O)C2(C#N)CCCCC2)c1OC. The number of rotatable bonds is 4. The van der Waals surface area contributed by atoms with Crippen LogP contribution in [-0.4, -0.2) is 19.3 Å². The molecule has 0 heterocycles. The average Bonchev–Trinajstić information content (AvgIpc) is 2.53. The summed E-state index contributed by atoms with van der Waals surface area (Å²) in [6.07, 6.45) is 3.70. The van der Waals surface area contributed by atoms with Gasteiger partial charge in [0.15, 0.2) is 11.5 Å². The van der Waals surface area contributed by atoms with Crippen LogP contribution < -0.4 is 9.47 Å². The van der Waals surface area contributed by atoms with E-state index in [4.69, 9.17) is 9.47 Å². The van der Waals surface area contributed by atoms with Gasteiger partial charge in [-0.15, -0.1) is 0 Å². The molecule has 0 aromatic heterocycles. The quantitative estimate of drug-likeness (QED) is 0.916. The molecule has 0 saturated heterocycles. The third-order valence-corrected chi connectivity index (χ3v) is 4.22. The van der Waals surface area contributed by atoms with E-state index < -0.39 is 11.5 Å². The zero-order valence-electron chi connectivity index (χ0n) is 12.1. The van der Waals surface area contributed by atoms with Crippen LogP contribution in [-0.2, 0) is 0 Å². The highest BCUT2D eigenvalue weighted by molar-refractivity contribution is 5.48. The van der Waals surface area contributed by atoms with Crippen LogP contribution in [0.25, 0.3) is 0 Å². The van der Waals surface area contributed by atoms with E-state index in [2.05, 4.69) is 6.07 Å². The van der Waals surface area contributed by atoms with Crippen molar-refractivity contribution in [3.63, 3.8) is 0 Å². The van der Waals surface area contributed by atoms with E-state index in [1.165, 1.54) is 0 Å². The fourth-order valence-electron chi connectivity index (χ4n) is 3.05. The molecule has 2 rings (SSSR count). The van der Waals surface area contributed by atoms with Crippen LogP contribution in [0.4, 0.5) is 0 Å². The summed E-state index contributed by atoms with van der Waals surface area (Å²) in [6, 6.07) is 7.76. The van der Waals surface area contributed by atoms with Gasteiger partial charge >= 0.3 is 0 Å². The van der Waals surface area contributed by atoms with Gasteiger partial charge in [-0.2, -0.15) is 5.26 Å². The predicted octanol–water partition coefficient (Wildman–Crippen LogP) is 3.21. The molecule has 1 aliphatic rings. The molecular formula is C16H21NO3. The van der Waals surface area contributed by atoms with Crippen LogP contribution in [0.15, 0.2) is 18.2 Å². The zero-order chi connectivity index (χ0) is 14.6. The van der Waals surface area contributed by atoms with E-state index in [0.717, 1.165) is 32.1 Å². The van der Waals surface area contributed by atoms with E-state index in [0.29, 0.717) is 17.1 Å². The van der Waals surface area contributed by atoms with Gasteiger partial charge in [0, 0.05) is 5.56 Å². The van der Waals surface area contributed by atoms with Gasteiger partial charge in [0.2, 0.25) is 0 Å². The Balaban J connectivity index is 2.42. The molecule has 1 saturated carbocycles. The Kier molecular flexibility index (Phi) is 4.51. The molecule has 108 valence electrons. The lowest BCUT2D eigenvalue weighted by molar-refractivity contribution is 0.0339. The lowest BCUT2D eigenvalue weighted by Crippen LogP contribution is -2.30. The minimum atomic E-state index is -0.849. The molecule has 0 radical (unpaired) electrons. The van der Waals surface area contributed by atoms with Gasteiger partial charge < -0.3 is 14.6 Å². The number of aliphatic hydroxyl groups is 1. The molecule has 1 aromatic rings. The Hall–Kier alpha value is -1.73. The van der Waals surface area contributed by atoms with E-state index >= 15 is 0 Å². The van der Waals surface area contributed by atoms with E-state index in [9.17, 15) is 10.4 Å². The number of para-hydroxylation sites is 1. The van der Waals surface area contributed by atoms with Gasteiger partial charge in [0.1, 0.15) is 6.10 Å². The molecule has 0 bridgehead atoms. The van der Waals surface area contributed by atoms with Crippen molar-refractivity contribution in [3.8, 4) is 17.6 Å². The molecule has 20 heavy (non-hydrogen) atoms. The molecule has 0 spiro atoms. The van der Waals surface area contributed by atoms with Crippen molar-refractivity contribution in [2.24, 2.45) is 5.41 Å². The standard InChI is InChI=1S/C16H21NO3/c1-19-13-8-6-7-12(14(13)20-2)15(18)16(11-17)9-4-3-5-10-16/h6-8,15,18H,3-5,9-10H2,1-2H3. The molecule has 1 unspecified atom stereocenters. The molecule has 1 aromatic carbocycles. The van der Waals surface area contributed by atoms with E-state index in [1.54, 1.807) is 26.4 Å². The van der Waals surface area contributed by atoms with Crippen LogP contribution in [0, 0.1) is 16.7 Å². The fraction of sp³-hybridized carbons (Fsp3) is 0.562. The molecule has 1 N–H and O–H groups in total. The van der Waals surface area contributed by atoms with Crippen molar-refractivity contribution in [2.45, 2.75) is 38.2 Å². The van der Waals surface area contributed by atoms with E-state index in [-0.39, 0.29) is 0 Å². The van der Waals surface area contributed by atoms with Gasteiger partial charge in [-0.3, -0.25) is 0 Å². The van der Waals surface area contributed by atoms with Crippen molar-refractivity contribution in [1.82, 2.24) is 0 Å². The van der Waals surface area contributed by atoms with Crippen LogP contribution in [0.2, 0.25) is 0 Å². The normalized spacial score (nSPS) is 18.9. The summed E-state index contributed by atoms with van der Waals surface area (Å²) < 4.78 is 10.6. The van der Waals surface area contributed by atoms with Crippen LogP contribution in [0.3, 0.4) is 0 Å². The highest BCUT2D eigenvalue weighted by Crippen LogP contribution is 2.48. The van der Waals surface area contributed by atoms with Crippen LogP contribution in [0.1, 0.15) is 43.8 Å². The highest BCUT2D eigenvalue weighted by atomic mass is 16.5. The van der Waals surface area contributed by atoms with Crippen LogP contribution >= 0.6 is 0 Å². The smallest absolute Gasteiger partial charge is 0.166 e. The molecule has 1 fully saturated rings. The summed E-state index contributed by atoms with van der Waals surface area (Å²) in [5.74, 6) is 1.09. The van der Waals surface area contributed by atoms with Crippen molar-refractivity contribution < 1.29 is 14.6 Å². The maximum absolute atomic E-state index is 10.8. The Bertz CT molecular complexity index is 501. The number of aliphatic hydroxyl groups excluding tert-OH is 1. The minimum absolute atomic E-state index is 0.516. The molecule has 1 aliphatic carbocycles. The number of ether oxygens (including phenoxy) is 2. The number of benzene rings is 1. The Labute approximate surface area is 119 Å². The highest BCUT2D eigenvalue weighted by Gasteiger charge is 2.41. The Morgan fingerprint density at radius 1 is 1.20 bits per heavy atom. The number of hydrogen-bond acceptors (Lipinski definition) is 4. The monoisotopic (exact) mass is 275 g/mol. The van der Waals surface area contributed by atoms with Crippen LogP contribution in [0.5, 0.6) is 11.5 Å². The third-order valence-electron chi connectivity index (χ3n) is 4.22. The lowest BCUT2D eigenvalue weighted by Gasteiger charge is -2.35. The zero-order valence-corrected chi connectivity index (χ0v) is 12.1. The van der Waals surface area contributed by atoms with Crippen molar-refractivity contribution in [2.75, 3.05) is 14.2 Å². The number of methoxy groups -OCH3 is 2. The first kappa shape index (κ1) is 14.7. The summed E-state index contributed by atoms with van der Waals surface area (Å²) in [7, 11) is 3.11. The van der Waals surface area contributed by atoms with Crippen molar-refractivity contribution >= 4 is 0 Å². The average molecular weight is 275 g/mol. The number of nitriles is 1. The fourth-order valence-corrected chi connectivity index (χ4v) is 3.05. The van der Waals surface area contributed by atoms with Gasteiger partial charge in [-0.05, 0) is 18.9 Å². The molecule has 1 atom stereocenters. The summed E-state index contributed by atoms with van der Waals surface area (Å²) in [5.41, 5.74) is -0.0759. The third kappa shape index (κ3) is 2.46. The predicted molar refractivity (Wildman–Crippen MR) is 75.6 cm³/mol. The Morgan fingerprint density at radius 3 is 2.45 bits per heavy atom. The van der Waals surface area contributed by atoms with Gasteiger partial charge in [0.25, 0.3) is 0 Å². The number of hydrogen-bond donors (Lipinski definition) is 1. The van der Waals surface area contributed by atoms with E-state index in [1.807, 2.05) is 6.07 Å². The van der Waals surface area contributed by atoms with Gasteiger partial charge in [-0.1, -0.05) is 31.4 Å². The number of nitrogens with zero attached hydrogens (tertiary/aromatic N) is 1. The molecule has 4 heteroatoms. The van der Waals surface area contributed by atoms with Gasteiger partial charge in [0.05, 0.1) is 25.7 Å². The maximum atomic E-state index is 10.8. The molecular weight excluding hydrogens is 254 g/mol. The van der Waals surface area contributed by atoms with Crippen molar-refractivity contribution in [3.05, 3.63) is 23.8 Å². The summed E-state index contributed by atoms with van der Waals surface area (Å²) in [5, 5.41) is 20.4. The maximum Gasteiger partial charge on any atom is 0.166 e. The second-order valence-corrected chi connectivity index (χ2v) is 5.31.